The maximum Gasteiger partial charge on any atom is 0.303 e. The maximum absolute atomic E-state index is 11.4. The van der Waals surface area contributed by atoms with Crippen LogP contribution in [0.1, 0.15) is 110 Å². The Labute approximate surface area is 159 Å². The van der Waals surface area contributed by atoms with Crippen LogP contribution in [0.5, 0.6) is 0 Å². The van der Waals surface area contributed by atoms with Gasteiger partial charge in [-0.1, -0.05) is 64.2 Å². The third-order valence-corrected chi connectivity index (χ3v) is 4.60. The normalized spacial score (nSPS) is 10.7. The fourth-order valence-corrected chi connectivity index (χ4v) is 3.03. The van der Waals surface area contributed by atoms with Crippen molar-refractivity contribution in [3.63, 3.8) is 0 Å². The molecular weight excluding hydrogens is 330 g/mol. The molecule has 1 amide bonds. The highest BCUT2D eigenvalue weighted by molar-refractivity contribution is 5.82. The van der Waals surface area contributed by atoms with Crippen LogP contribution in [-0.2, 0) is 14.4 Å². The molecule has 0 spiro atoms. The molecule has 0 saturated carbocycles. The summed E-state index contributed by atoms with van der Waals surface area (Å²) < 4.78 is 0. The van der Waals surface area contributed by atoms with E-state index in [-0.39, 0.29) is 24.5 Å². The summed E-state index contributed by atoms with van der Waals surface area (Å²) in [5.41, 5.74) is 0. The van der Waals surface area contributed by atoms with E-state index in [2.05, 4.69) is 5.32 Å². The maximum atomic E-state index is 11.4. The molecule has 152 valence electrons. The molecule has 0 saturated heterocycles. The highest BCUT2D eigenvalue weighted by Gasteiger charge is 2.05. The van der Waals surface area contributed by atoms with Gasteiger partial charge in [-0.05, 0) is 19.8 Å². The molecule has 0 heterocycles. The molecule has 0 aliphatic carbocycles. The number of carbonyl (C=O) groups excluding carboxylic acids is 2. The summed E-state index contributed by atoms with van der Waals surface area (Å²) in [6, 6.07) is 0. The molecule has 0 fully saturated rings. The molecule has 2 N–H and O–H groups in total. The number of carbonyl (C=O) groups is 3. The lowest BCUT2D eigenvalue weighted by Gasteiger charge is -2.04. The van der Waals surface area contributed by atoms with E-state index in [1.54, 1.807) is 0 Å². The first-order chi connectivity index (χ1) is 12.6. The van der Waals surface area contributed by atoms with Gasteiger partial charge in [0.1, 0.15) is 5.78 Å². The Kier molecular flexibility index (Phi) is 17.4. The molecule has 0 aromatic heterocycles. The summed E-state index contributed by atoms with van der Waals surface area (Å²) in [6.07, 6.45) is 15.5. The molecule has 0 aromatic carbocycles. The molecule has 0 unspecified atom stereocenters. The van der Waals surface area contributed by atoms with Gasteiger partial charge in [-0.3, -0.25) is 14.4 Å². The van der Waals surface area contributed by atoms with E-state index in [0.29, 0.717) is 12.8 Å². The van der Waals surface area contributed by atoms with Crippen LogP contribution in [0.4, 0.5) is 0 Å². The summed E-state index contributed by atoms with van der Waals surface area (Å²) in [4.78, 5) is 33.1. The molecule has 5 nitrogen and oxygen atoms in total. The van der Waals surface area contributed by atoms with E-state index in [1.165, 1.54) is 51.4 Å². The highest BCUT2D eigenvalue weighted by atomic mass is 16.4. The van der Waals surface area contributed by atoms with Crippen molar-refractivity contribution in [1.82, 2.24) is 5.32 Å². The van der Waals surface area contributed by atoms with Crippen LogP contribution in [0.2, 0.25) is 0 Å². The summed E-state index contributed by atoms with van der Waals surface area (Å²) in [5, 5.41) is 11.3. The number of nitrogens with one attached hydrogen (secondary N) is 1. The van der Waals surface area contributed by atoms with Crippen molar-refractivity contribution in [3.8, 4) is 0 Å². The average Bonchev–Trinajstić information content (AvgIpc) is 2.60. The summed E-state index contributed by atoms with van der Waals surface area (Å²) in [7, 11) is 0. The second-order valence-electron chi connectivity index (χ2n) is 7.13. The van der Waals surface area contributed by atoms with E-state index in [1.807, 2.05) is 6.92 Å². The monoisotopic (exact) mass is 369 g/mol. The van der Waals surface area contributed by atoms with Crippen molar-refractivity contribution >= 4 is 17.7 Å². The number of Topliss-reactive ketones (excluding diaryl/α,β-unsaturated/α-hetero) is 1. The zero-order valence-electron chi connectivity index (χ0n) is 16.7. The Balaban J connectivity index is 3.16. The lowest BCUT2D eigenvalue weighted by molar-refractivity contribution is -0.138. The molecule has 0 radical (unpaired) electrons. The molecule has 5 heteroatoms. The second kappa shape index (κ2) is 18.4. The lowest BCUT2D eigenvalue weighted by Crippen LogP contribution is -2.21. The predicted octanol–water partition coefficient (Wildman–Crippen LogP) is 5.02. The second-order valence-corrected chi connectivity index (χ2v) is 7.13. The minimum Gasteiger partial charge on any atom is -0.481 e. The Hall–Kier alpha value is -1.39. The van der Waals surface area contributed by atoms with E-state index in [4.69, 9.17) is 5.11 Å². The predicted molar refractivity (Wildman–Crippen MR) is 105 cm³/mol. The fourth-order valence-electron chi connectivity index (χ4n) is 3.03. The number of ketones is 1. The number of carboxylic acids is 1. The third-order valence-electron chi connectivity index (χ3n) is 4.60. The van der Waals surface area contributed by atoms with Crippen LogP contribution in [0.15, 0.2) is 0 Å². The number of amides is 1. The number of carboxylic acid groups (broad SMARTS) is 1. The van der Waals surface area contributed by atoms with Crippen LogP contribution < -0.4 is 5.32 Å². The zero-order chi connectivity index (χ0) is 19.5. The molecule has 0 atom stereocenters. The minimum atomic E-state index is -0.891. The third kappa shape index (κ3) is 18.9. The first-order valence-corrected chi connectivity index (χ1v) is 10.6. The van der Waals surface area contributed by atoms with Gasteiger partial charge < -0.3 is 10.4 Å². The van der Waals surface area contributed by atoms with Gasteiger partial charge in [-0.2, -0.15) is 0 Å². The largest absolute Gasteiger partial charge is 0.481 e. The van der Waals surface area contributed by atoms with Gasteiger partial charge >= 0.3 is 5.97 Å². The highest BCUT2D eigenvalue weighted by Crippen LogP contribution is 2.13. The number of unbranched alkanes of at least 4 members (excludes halogenated alkanes) is 11. The standard InChI is InChI=1S/C21H39NO4/c1-2-22-20(24)16-14-12-10-8-6-4-3-5-7-9-11-13-15-19(23)17-18-21(25)26/h2-18H2,1H3,(H,22,24)(H,25,26). The van der Waals surface area contributed by atoms with Gasteiger partial charge in [-0.15, -0.1) is 0 Å². The van der Waals surface area contributed by atoms with Gasteiger partial charge in [0, 0.05) is 25.8 Å². The molecule has 0 aromatic rings. The molecule has 0 bridgehead atoms. The molecule has 26 heavy (non-hydrogen) atoms. The molecule has 0 aliphatic rings. The SMILES string of the molecule is CCNC(=O)CCCCCCCCCCCCCCC(=O)CCC(=O)O. The Morgan fingerprint density at radius 3 is 1.46 bits per heavy atom. The molecule has 0 aliphatic heterocycles. The van der Waals surface area contributed by atoms with Crippen molar-refractivity contribution < 1.29 is 19.5 Å². The van der Waals surface area contributed by atoms with Gasteiger partial charge in [-0.25, -0.2) is 0 Å². The first kappa shape index (κ1) is 24.6. The van der Waals surface area contributed by atoms with Crippen molar-refractivity contribution in [2.45, 2.75) is 110 Å². The average molecular weight is 370 g/mol. The van der Waals surface area contributed by atoms with Crippen LogP contribution in [0.25, 0.3) is 0 Å². The van der Waals surface area contributed by atoms with Crippen LogP contribution in [0.3, 0.4) is 0 Å². The molecule has 0 rings (SSSR count). The van der Waals surface area contributed by atoms with E-state index < -0.39 is 5.97 Å². The smallest absolute Gasteiger partial charge is 0.303 e. The van der Waals surface area contributed by atoms with Crippen molar-refractivity contribution in [2.24, 2.45) is 0 Å². The summed E-state index contributed by atoms with van der Waals surface area (Å²) in [6.45, 7) is 2.67. The number of aliphatic carboxylic acids is 1. The zero-order valence-corrected chi connectivity index (χ0v) is 16.7. The van der Waals surface area contributed by atoms with Crippen molar-refractivity contribution in [2.75, 3.05) is 6.54 Å². The van der Waals surface area contributed by atoms with Gasteiger partial charge in [0.2, 0.25) is 5.91 Å². The van der Waals surface area contributed by atoms with E-state index >= 15 is 0 Å². The van der Waals surface area contributed by atoms with Crippen LogP contribution >= 0.6 is 0 Å². The van der Waals surface area contributed by atoms with Gasteiger partial charge in [0.05, 0.1) is 6.42 Å². The topological polar surface area (TPSA) is 83.5 Å². The molecular formula is C21H39NO4. The van der Waals surface area contributed by atoms with Crippen molar-refractivity contribution in [1.29, 1.82) is 0 Å². The minimum absolute atomic E-state index is 0.0347. The fraction of sp³-hybridized carbons (Fsp3) is 0.857. The van der Waals surface area contributed by atoms with Gasteiger partial charge in [0.25, 0.3) is 0 Å². The summed E-state index contributed by atoms with van der Waals surface area (Å²) in [5.74, 6) is -0.631. The Morgan fingerprint density at radius 1 is 0.615 bits per heavy atom. The van der Waals surface area contributed by atoms with Gasteiger partial charge in [0.15, 0.2) is 0 Å². The van der Waals surface area contributed by atoms with Crippen LogP contribution in [0, 0.1) is 0 Å². The number of hydrogen-bond donors (Lipinski definition) is 2. The number of rotatable bonds is 19. The lowest BCUT2D eigenvalue weighted by atomic mass is 10.0. The van der Waals surface area contributed by atoms with E-state index in [0.717, 1.165) is 32.2 Å². The summed E-state index contributed by atoms with van der Waals surface area (Å²) >= 11 is 0. The first-order valence-electron chi connectivity index (χ1n) is 10.6. The van der Waals surface area contributed by atoms with Crippen LogP contribution in [-0.4, -0.2) is 29.3 Å². The van der Waals surface area contributed by atoms with Crippen molar-refractivity contribution in [3.05, 3.63) is 0 Å². The number of hydrogen-bond acceptors (Lipinski definition) is 3. The Morgan fingerprint density at radius 2 is 1.04 bits per heavy atom. The quantitative estimate of drug-likeness (QED) is 0.313. The van der Waals surface area contributed by atoms with E-state index in [9.17, 15) is 14.4 Å². The Bertz CT molecular complexity index is 382.